The van der Waals surface area contributed by atoms with Gasteiger partial charge >= 0.3 is 0 Å². The molecule has 2 aromatic heterocycles. The summed E-state index contributed by atoms with van der Waals surface area (Å²) in [4.78, 5) is 21.2. The van der Waals surface area contributed by atoms with E-state index in [1.54, 1.807) is 18.0 Å². The maximum Gasteiger partial charge on any atom is 0.251 e. The van der Waals surface area contributed by atoms with Crippen LogP contribution in [0.3, 0.4) is 0 Å². The Bertz CT molecular complexity index is 1120. The number of amides is 1. The molecular weight excluding hydrogens is 392 g/mol. The Balaban J connectivity index is 1.51. The highest BCUT2D eigenvalue weighted by molar-refractivity contribution is 7.98. The molecule has 0 atom stereocenters. The quantitative estimate of drug-likeness (QED) is 0.415. The molecule has 0 fully saturated rings. The lowest BCUT2D eigenvalue weighted by Gasteiger charge is -2.09. The summed E-state index contributed by atoms with van der Waals surface area (Å²) in [5.41, 5.74) is 5.06. The van der Waals surface area contributed by atoms with E-state index in [0.717, 1.165) is 40.5 Å². The summed E-state index contributed by atoms with van der Waals surface area (Å²) in [7, 11) is 0. The van der Waals surface area contributed by atoms with E-state index >= 15 is 0 Å². The second kappa shape index (κ2) is 9.59. The van der Waals surface area contributed by atoms with Crippen molar-refractivity contribution in [3.8, 4) is 0 Å². The zero-order chi connectivity index (χ0) is 20.8. The van der Waals surface area contributed by atoms with Crippen molar-refractivity contribution in [3.05, 3.63) is 89.7 Å². The maximum atomic E-state index is 12.1. The summed E-state index contributed by atoms with van der Waals surface area (Å²) in [6, 6.07) is 20.1. The fraction of sp³-hybridized carbons (Fsp3) is 0.208. The largest absolute Gasteiger partial charge is 0.352 e. The fourth-order valence-electron chi connectivity index (χ4n) is 3.22. The van der Waals surface area contributed by atoms with E-state index < -0.39 is 0 Å². The average molecular weight is 417 g/mol. The van der Waals surface area contributed by atoms with Crippen LogP contribution < -0.4 is 5.32 Å². The topological polar surface area (TPSA) is 59.8 Å². The molecule has 4 aromatic rings. The minimum atomic E-state index is -0.0202. The van der Waals surface area contributed by atoms with Crippen LogP contribution in [0.5, 0.6) is 0 Å². The number of carbonyl (C=O) groups is 1. The first-order valence-corrected chi connectivity index (χ1v) is 11.1. The summed E-state index contributed by atoms with van der Waals surface area (Å²) in [5, 5.41) is 3.87. The van der Waals surface area contributed by atoms with Crippen molar-refractivity contribution in [1.29, 1.82) is 0 Å². The number of thioether (sulfide) groups is 1. The van der Waals surface area contributed by atoms with Gasteiger partial charge in [0.1, 0.15) is 0 Å². The molecule has 0 aliphatic rings. The summed E-state index contributed by atoms with van der Waals surface area (Å²) in [6.07, 6.45) is 4.58. The summed E-state index contributed by atoms with van der Waals surface area (Å²) in [6.45, 7) is 3.49. The first-order valence-electron chi connectivity index (χ1n) is 10.1. The predicted octanol–water partition coefficient (Wildman–Crippen LogP) is 4.91. The molecule has 0 aliphatic carbocycles. The number of imidazole rings is 1. The number of hydrogen-bond acceptors (Lipinski definition) is 4. The molecule has 6 heteroatoms. The lowest BCUT2D eigenvalue weighted by Crippen LogP contribution is -2.23. The van der Waals surface area contributed by atoms with E-state index in [2.05, 4.69) is 39.1 Å². The second-order valence-corrected chi connectivity index (χ2v) is 8.01. The lowest BCUT2D eigenvalue weighted by molar-refractivity contribution is 0.0953. The number of carbonyl (C=O) groups excluding carboxylic acids is 1. The number of nitrogens with one attached hydrogen (secondary N) is 1. The van der Waals surface area contributed by atoms with Crippen LogP contribution in [-0.2, 0) is 12.3 Å². The van der Waals surface area contributed by atoms with E-state index in [1.165, 1.54) is 5.56 Å². The van der Waals surface area contributed by atoms with Crippen molar-refractivity contribution in [1.82, 2.24) is 19.9 Å². The first kappa shape index (κ1) is 20.2. The minimum absolute atomic E-state index is 0.0202. The van der Waals surface area contributed by atoms with Crippen molar-refractivity contribution in [3.63, 3.8) is 0 Å². The molecule has 0 saturated carbocycles. The van der Waals surface area contributed by atoms with Gasteiger partial charge in [0.15, 0.2) is 5.16 Å². The second-order valence-electron chi connectivity index (χ2n) is 7.07. The van der Waals surface area contributed by atoms with Crippen LogP contribution in [0.4, 0.5) is 0 Å². The van der Waals surface area contributed by atoms with Gasteiger partial charge in [-0.15, -0.1) is 0 Å². The van der Waals surface area contributed by atoms with Gasteiger partial charge in [0, 0.05) is 24.1 Å². The van der Waals surface area contributed by atoms with Gasteiger partial charge < -0.3 is 9.88 Å². The highest BCUT2D eigenvalue weighted by atomic mass is 32.2. The standard InChI is InChI=1S/C24H24N4OS/c1-2-13-26-23(29)20-10-8-19(9-11-20)17-30-24-27-21-12-14-25-15-22(21)28(24)16-18-6-4-3-5-7-18/h3-12,14-15H,2,13,16-17H2,1H3,(H,26,29). The third-order valence-electron chi connectivity index (χ3n) is 4.82. The van der Waals surface area contributed by atoms with Gasteiger partial charge in [-0.1, -0.05) is 61.2 Å². The maximum absolute atomic E-state index is 12.1. The lowest BCUT2D eigenvalue weighted by atomic mass is 10.1. The van der Waals surface area contributed by atoms with Gasteiger partial charge in [-0.25, -0.2) is 4.98 Å². The first-order chi connectivity index (χ1) is 14.7. The smallest absolute Gasteiger partial charge is 0.251 e. The molecular formula is C24H24N4OS. The summed E-state index contributed by atoms with van der Waals surface area (Å²) < 4.78 is 2.22. The molecule has 0 spiro atoms. The molecule has 152 valence electrons. The van der Waals surface area contributed by atoms with Crippen molar-refractivity contribution in [2.75, 3.05) is 6.54 Å². The van der Waals surface area contributed by atoms with Crippen molar-refractivity contribution in [2.24, 2.45) is 0 Å². The third-order valence-corrected chi connectivity index (χ3v) is 5.87. The molecule has 2 heterocycles. The Morgan fingerprint density at radius 1 is 1.03 bits per heavy atom. The van der Waals surface area contributed by atoms with E-state index in [0.29, 0.717) is 12.1 Å². The van der Waals surface area contributed by atoms with E-state index in [-0.39, 0.29) is 5.91 Å². The van der Waals surface area contributed by atoms with Gasteiger partial charge in [-0.3, -0.25) is 9.78 Å². The SMILES string of the molecule is CCCNC(=O)c1ccc(CSc2nc3ccncc3n2Cc2ccccc2)cc1. The van der Waals surface area contributed by atoms with Gasteiger partial charge in [-0.05, 0) is 35.7 Å². The third kappa shape index (κ3) is 4.71. The molecule has 0 bridgehead atoms. The van der Waals surface area contributed by atoms with Crippen molar-refractivity contribution in [2.45, 2.75) is 30.8 Å². The minimum Gasteiger partial charge on any atom is -0.352 e. The van der Waals surface area contributed by atoms with Gasteiger partial charge in [0.25, 0.3) is 5.91 Å². The molecule has 1 N–H and O–H groups in total. The number of hydrogen-bond donors (Lipinski definition) is 1. The number of benzene rings is 2. The number of pyridine rings is 1. The molecule has 1 amide bonds. The molecule has 30 heavy (non-hydrogen) atoms. The van der Waals surface area contributed by atoms with Crippen LogP contribution in [0.1, 0.15) is 34.8 Å². The van der Waals surface area contributed by atoms with Crippen LogP contribution in [-0.4, -0.2) is 27.0 Å². The Morgan fingerprint density at radius 3 is 2.60 bits per heavy atom. The highest BCUT2D eigenvalue weighted by Crippen LogP contribution is 2.27. The zero-order valence-corrected chi connectivity index (χ0v) is 17.7. The monoisotopic (exact) mass is 416 g/mol. The van der Waals surface area contributed by atoms with Crippen molar-refractivity contribution < 1.29 is 4.79 Å². The molecule has 0 unspecified atom stereocenters. The Labute approximate surface area is 180 Å². The predicted molar refractivity (Wildman–Crippen MR) is 122 cm³/mol. The Morgan fingerprint density at radius 2 is 1.83 bits per heavy atom. The van der Waals surface area contributed by atoms with E-state index in [4.69, 9.17) is 4.98 Å². The molecule has 0 saturated heterocycles. The molecule has 5 nitrogen and oxygen atoms in total. The summed E-state index contributed by atoms with van der Waals surface area (Å²) >= 11 is 1.70. The van der Waals surface area contributed by atoms with Crippen LogP contribution in [0.25, 0.3) is 11.0 Å². The van der Waals surface area contributed by atoms with E-state index in [9.17, 15) is 4.79 Å². The van der Waals surface area contributed by atoms with Crippen LogP contribution >= 0.6 is 11.8 Å². The summed E-state index contributed by atoms with van der Waals surface area (Å²) in [5.74, 6) is 0.760. The fourth-order valence-corrected chi connectivity index (χ4v) is 4.19. The molecule has 4 rings (SSSR count). The molecule has 0 radical (unpaired) electrons. The normalized spacial score (nSPS) is 11.0. The van der Waals surface area contributed by atoms with Crippen LogP contribution in [0, 0.1) is 0 Å². The number of rotatable bonds is 8. The van der Waals surface area contributed by atoms with E-state index in [1.807, 2.05) is 49.5 Å². The van der Waals surface area contributed by atoms with Gasteiger partial charge in [-0.2, -0.15) is 0 Å². The zero-order valence-electron chi connectivity index (χ0n) is 16.9. The number of aromatic nitrogens is 3. The van der Waals surface area contributed by atoms with Crippen LogP contribution in [0.2, 0.25) is 0 Å². The van der Waals surface area contributed by atoms with Gasteiger partial charge in [0.2, 0.25) is 0 Å². The Kier molecular flexibility index (Phi) is 6.44. The van der Waals surface area contributed by atoms with Gasteiger partial charge in [0.05, 0.1) is 23.8 Å². The van der Waals surface area contributed by atoms with Crippen molar-refractivity contribution >= 4 is 28.7 Å². The molecule has 2 aromatic carbocycles. The highest BCUT2D eigenvalue weighted by Gasteiger charge is 2.12. The number of nitrogens with zero attached hydrogens (tertiary/aromatic N) is 3. The van der Waals surface area contributed by atoms with Crippen LogP contribution in [0.15, 0.2) is 78.2 Å². The average Bonchev–Trinajstić information content (AvgIpc) is 3.14. The molecule has 0 aliphatic heterocycles. The number of fused-ring (bicyclic) bond motifs is 1. The Hall–Kier alpha value is -3.12.